The molecule has 0 saturated carbocycles. The summed E-state index contributed by atoms with van der Waals surface area (Å²) in [6.07, 6.45) is 1.14. The number of aromatic carboxylic acids is 1. The van der Waals surface area contributed by atoms with Gasteiger partial charge in [-0.05, 0) is 31.5 Å². The van der Waals surface area contributed by atoms with Crippen molar-refractivity contribution in [3.05, 3.63) is 57.6 Å². The molecule has 0 bridgehead atoms. The van der Waals surface area contributed by atoms with Crippen LogP contribution in [0.2, 0.25) is 0 Å². The van der Waals surface area contributed by atoms with Crippen LogP contribution in [0.3, 0.4) is 0 Å². The largest absolute Gasteiger partial charge is 0.477 e. The Kier molecular flexibility index (Phi) is 5.53. The summed E-state index contributed by atoms with van der Waals surface area (Å²) in [6, 6.07) is 5.69. The summed E-state index contributed by atoms with van der Waals surface area (Å²) in [5, 5.41) is 9.20. The topological polar surface area (TPSA) is 108 Å². The molecule has 3 aromatic rings. The van der Waals surface area contributed by atoms with Crippen LogP contribution in [0.25, 0.3) is 11.0 Å². The molecule has 0 aliphatic heterocycles. The Labute approximate surface area is 159 Å². The second-order valence-electron chi connectivity index (χ2n) is 5.98. The van der Waals surface area contributed by atoms with Gasteiger partial charge in [0, 0.05) is 19.3 Å². The average Bonchev–Trinajstić information content (AvgIpc) is 2.69. The zero-order valence-corrected chi connectivity index (χ0v) is 15.4. The van der Waals surface area contributed by atoms with Gasteiger partial charge in [-0.1, -0.05) is 12.1 Å². The highest BCUT2D eigenvalue weighted by atomic mass is 19.1. The maximum absolute atomic E-state index is 13.0. The van der Waals surface area contributed by atoms with Crippen molar-refractivity contribution in [3.63, 3.8) is 0 Å². The van der Waals surface area contributed by atoms with E-state index >= 15 is 0 Å². The lowest BCUT2D eigenvalue weighted by molar-refractivity contribution is 0.0695. The van der Waals surface area contributed by atoms with E-state index in [0.29, 0.717) is 30.0 Å². The smallest absolute Gasteiger partial charge is 0.341 e. The fraction of sp³-hybridized carbons (Fsp3) is 0.263. The normalized spacial score (nSPS) is 10.8. The summed E-state index contributed by atoms with van der Waals surface area (Å²) < 4.78 is 18.6. The van der Waals surface area contributed by atoms with Crippen molar-refractivity contribution in [2.24, 2.45) is 0 Å². The lowest BCUT2D eigenvalue weighted by atomic mass is 10.2. The molecule has 2 aromatic heterocycles. The van der Waals surface area contributed by atoms with Crippen LogP contribution in [-0.4, -0.2) is 39.1 Å². The van der Waals surface area contributed by atoms with Gasteiger partial charge in [0.15, 0.2) is 5.82 Å². The van der Waals surface area contributed by atoms with Gasteiger partial charge in [-0.2, -0.15) is 9.97 Å². The van der Waals surface area contributed by atoms with E-state index in [9.17, 15) is 19.1 Å². The second kappa shape index (κ2) is 8.03. The molecular formula is C19H19FN4O4. The summed E-state index contributed by atoms with van der Waals surface area (Å²) in [5.74, 6) is -1.26. The fourth-order valence-corrected chi connectivity index (χ4v) is 2.77. The van der Waals surface area contributed by atoms with Gasteiger partial charge in [0.25, 0.3) is 0 Å². The number of anilines is 1. The monoisotopic (exact) mass is 386 g/mol. The van der Waals surface area contributed by atoms with E-state index in [1.807, 2.05) is 18.7 Å². The quantitative estimate of drug-likeness (QED) is 0.642. The molecular weight excluding hydrogens is 367 g/mol. The molecule has 0 aliphatic rings. The highest BCUT2D eigenvalue weighted by Crippen LogP contribution is 2.23. The molecule has 8 nitrogen and oxygen atoms in total. The van der Waals surface area contributed by atoms with Crippen molar-refractivity contribution in [2.75, 3.05) is 18.0 Å². The number of hydrogen-bond donors (Lipinski definition) is 2. The number of carboxylic acid groups (broad SMARTS) is 1. The maximum atomic E-state index is 13.0. The number of hydrogen-bond acceptors (Lipinski definition) is 6. The Bertz CT molecular complexity index is 1060. The first-order chi connectivity index (χ1) is 13.4. The van der Waals surface area contributed by atoms with E-state index in [-0.39, 0.29) is 24.0 Å². The molecule has 3 rings (SSSR count). The van der Waals surface area contributed by atoms with Crippen molar-refractivity contribution in [3.8, 4) is 6.01 Å². The van der Waals surface area contributed by atoms with Crippen LogP contribution in [0.15, 0.2) is 35.3 Å². The molecule has 0 amide bonds. The number of carbonyl (C=O) groups is 1. The number of aromatic amines is 1. The molecule has 146 valence electrons. The maximum Gasteiger partial charge on any atom is 0.341 e. The number of fused-ring (bicyclic) bond motifs is 1. The van der Waals surface area contributed by atoms with Gasteiger partial charge in [0.2, 0.25) is 5.43 Å². The summed E-state index contributed by atoms with van der Waals surface area (Å²) >= 11 is 0. The number of nitrogens with one attached hydrogen (secondary N) is 1. The van der Waals surface area contributed by atoms with Crippen LogP contribution in [0, 0.1) is 5.82 Å². The lowest BCUT2D eigenvalue weighted by Gasteiger charge is -2.21. The molecule has 0 atom stereocenters. The minimum atomic E-state index is -1.35. The molecule has 2 N–H and O–H groups in total. The summed E-state index contributed by atoms with van der Waals surface area (Å²) in [6.45, 7) is 5.16. The van der Waals surface area contributed by atoms with Gasteiger partial charge in [-0.3, -0.25) is 4.79 Å². The van der Waals surface area contributed by atoms with E-state index in [1.54, 1.807) is 12.1 Å². The molecule has 0 radical (unpaired) electrons. The van der Waals surface area contributed by atoms with E-state index in [0.717, 1.165) is 6.20 Å². The first kappa shape index (κ1) is 19.3. The first-order valence-electron chi connectivity index (χ1n) is 8.73. The van der Waals surface area contributed by atoms with Gasteiger partial charge < -0.3 is 19.7 Å². The first-order valence-corrected chi connectivity index (χ1v) is 8.73. The third-order valence-corrected chi connectivity index (χ3v) is 4.26. The Hall–Kier alpha value is -3.49. The Morgan fingerprint density at radius 2 is 1.89 bits per heavy atom. The third-order valence-electron chi connectivity index (χ3n) is 4.26. The molecule has 0 aliphatic carbocycles. The molecule has 0 unspecified atom stereocenters. The second-order valence-corrected chi connectivity index (χ2v) is 5.98. The van der Waals surface area contributed by atoms with Crippen LogP contribution >= 0.6 is 0 Å². The van der Waals surface area contributed by atoms with Gasteiger partial charge in [-0.15, -0.1) is 0 Å². The van der Waals surface area contributed by atoms with E-state index in [4.69, 9.17) is 4.74 Å². The minimum Gasteiger partial charge on any atom is -0.477 e. The van der Waals surface area contributed by atoms with E-state index < -0.39 is 17.0 Å². The van der Waals surface area contributed by atoms with Crippen molar-refractivity contribution < 1.29 is 19.0 Å². The molecule has 0 fully saturated rings. The third kappa shape index (κ3) is 3.78. The Morgan fingerprint density at radius 1 is 1.21 bits per heavy atom. The van der Waals surface area contributed by atoms with Crippen molar-refractivity contribution in [2.45, 2.75) is 20.5 Å². The summed E-state index contributed by atoms with van der Waals surface area (Å²) in [7, 11) is 0. The number of H-pyrrole nitrogens is 1. The molecule has 9 heteroatoms. The van der Waals surface area contributed by atoms with Crippen LogP contribution in [0.4, 0.5) is 10.2 Å². The SMILES string of the molecule is CCN(CC)c1nc(OCc2ccc(F)cc2)nc2c(=O)c(C(=O)O)c[nH]c12. The molecule has 1 aromatic carbocycles. The van der Waals surface area contributed by atoms with Crippen molar-refractivity contribution in [1.29, 1.82) is 0 Å². The number of rotatable bonds is 7. The predicted octanol–water partition coefficient (Wildman–Crippen LogP) is 2.58. The zero-order chi connectivity index (χ0) is 20.3. The van der Waals surface area contributed by atoms with Crippen LogP contribution < -0.4 is 15.1 Å². The van der Waals surface area contributed by atoms with Crippen LogP contribution in [0.5, 0.6) is 6.01 Å². The van der Waals surface area contributed by atoms with Crippen molar-refractivity contribution in [1.82, 2.24) is 15.0 Å². The summed E-state index contributed by atoms with van der Waals surface area (Å²) in [4.78, 5) is 37.1. The van der Waals surface area contributed by atoms with Gasteiger partial charge in [-0.25, -0.2) is 9.18 Å². The molecule has 2 heterocycles. The van der Waals surface area contributed by atoms with Crippen LogP contribution in [0.1, 0.15) is 29.8 Å². The highest BCUT2D eigenvalue weighted by Gasteiger charge is 2.19. The predicted molar refractivity (Wildman–Crippen MR) is 101 cm³/mol. The highest BCUT2D eigenvalue weighted by molar-refractivity contribution is 5.94. The summed E-state index contributed by atoms with van der Waals surface area (Å²) in [5.41, 5.74) is -0.161. The van der Waals surface area contributed by atoms with Crippen LogP contribution in [-0.2, 0) is 6.61 Å². The number of aromatic nitrogens is 3. The number of pyridine rings is 1. The Balaban J connectivity index is 2.08. The van der Waals surface area contributed by atoms with Gasteiger partial charge >= 0.3 is 12.0 Å². The number of halogens is 1. The van der Waals surface area contributed by atoms with E-state index in [1.165, 1.54) is 12.1 Å². The zero-order valence-electron chi connectivity index (χ0n) is 15.4. The number of benzene rings is 1. The van der Waals surface area contributed by atoms with E-state index in [2.05, 4.69) is 15.0 Å². The average molecular weight is 386 g/mol. The Morgan fingerprint density at radius 3 is 2.50 bits per heavy atom. The number of nitrogens with zero attached hydrogens (tertiary/aromatic N) is 3. The fourth-order valence-electron chi connectivity index (χ4n) is 2.77. The number of ether oxygens (including phenoxy) is 1. The number of carboxylic acids is 1. The lowest BCUT2D eigenvalue weighted by Crippen LogP contribution is -2.25. The van der Waals surface area contributed by atoms with Gasteiger partial charge in [0.05, 0.1) is 0 Å². The molecule has 0 spiro atoms. The molecule has 28 heavy (non-hydrogen) atoms. The van der Waals surface area contributed by atoms with Gasteiger partial charge in [0.1, 0.15) is 29.0 Å². The standard InChI is InChI=1S/C19H19FN4O4/c1-3-24(4-2)17-15-14(16(25)13(9-21-15)18(26)27)22-19(23-17)28-10-11-5-7-12(20)8-6-11/h5-9H,3-4,10H2,1-2H3,(H,21,25)(H,26,27). The molecule has 0 saturated heterocycles. The minimum absolute atomic E-state index is 0.0632. The van der Waals surface area contributed by atoms with Crippen molar-refractivity contribution >= 4 is 22.8 Å².